The van der Waals surface area contributed by atoms with Crippen molar-refractivity contribution in [1.82, 2.24) is 10.4 Å². The van der Waals surface area contributed by atoms with Crippen LogP contribution in [0.15, 0.2) is 54.6 Å². The van der Waals surface area contributed by atoms with Gasteiger partial charge in [0.15, 0.2) is 0 Å². The Balaban J connectivity index is 1.30. The van der Waals surface area contributed by atoms with Crippen LogP contribution in [0.2, 0.25) is 0 Å². The van der Waals surface area contributed by atoms with Crippen LogP contribution in [0.4, 0.5) is 0 Å². The zero-order chi connectivity index (χ0) is 22.6. The maximum Gasteiger partial charge on any atom is 0.334 e. The second-order valence-corrected chi connectivity index (χ2v) is 8.27. The van der Waals surface area contributed by atoms with E-state index < -0.39 is 5.97 Å². The molecule has 170 valence electrons. The summed E-state index contributed by atoms with van der Waals surface area (Å²) in [7, 11) is 0. The molecule has 1 fully saturated rings. The second-order valence-electron chi connectivity index (χ2n) is 8.27. The van der Waals surface area contributed by atoms with Gasteiger partial charge in [-0.15, -0.1) is 0 Å². The van der Waals surface area contributed by atoms with Crippen LogP contribution in [0.25, 0.3) is 0 Å². The summed E-state index contributed by atoms with van der Waals surface area (Å²) >= 11 is 0. The number of unbranched alkanes of at least 4 members (excludes halogenated alkanes) is 1. The molecule has 1 saturated heterocycles. The fourth-order valence-corrected chi connectivity index (χ4v) is 3.84. The Hall–Kier alpha value is -3.15. The van der Waals surface area contributed by atoms with Crippen molar-refractivity contribution < 1.29 is 19.2 Å². The predicted molar refractivity (Wildman–Crippen MR) is 123 cm³/mol. The third kappa shape index (κ3) is 8.17. The summed E-state index contributed by atoms with van der Waals surface area (Å²) < 4.78 is 0. The van der Waals surface area contributed by atoms with Crippen molar-refractivity contribution in [3.05, 3.63) is 71.3 Å². The second kappa shape index (κ2) is 12.6. The highest BCUT2D eigenvalue weighted by molar-refractivity contribution is 5.80. The van der Waals surface area contributed by atoms with Crippen molar-refractivity contribution in [1.29, 1.82) is 0 Å². The number of likely N-dealkylation sites (tertiary alicyclic amines) is 1. The van der Waals surface area contributed by atoms with Gasteiger partial charge in [-0.25, -0.2) is 4.79 Å². The highest BCUT2D eigenvalue weighted by atomic mass is 16.7. The third-order valence-electron chi connectivity index (χ3n) is 5.70. The molecule has 1 heterocycles. The highest BCUT2D eigenvalue weighted by Gasteiger charge is 2.19. The molecule has 1 aliphatic heterocycles. The smallest absolute Gasteiger partial charge is 0.334 e. The van der Waals surface area contributed by atoms with Crippen molar-refractivity contribution in [3.8, 4) is 0 Å². The van der Waals surface area contributed by atoms with E-state index in [1.165, 1.54) is 11.1 Å². The van der Waals surface area contributed by atoms with Crippen molar-refractivity contribution in [2.45, 2.75) is 57.8 Å². The number of benzene rings is 2. The van der Waals surface area contributed by atoms with E-state index in [0.717, 1.165) is 44.1 Å². The van der Waals surface area contributed by atoms with Gasteiger partial charge in [0.2, 0.25) is 5.91 Å². The Morgan fingerprint density at radius 3 is 2.22 bits per heavy atom. The maximum absolute atomic E-state index is 12.1. The van der Waals surface area contributed by atoms with Gasteiger partial charge in [-0.3, -0.25) is 9.59 Å². The lowest BCUT2D eigenvalue weighted by Gasteiger charge is -2.26. The Morgan fingerprint density at radius 1 is 0.875 bits per heavy atom. The van der Waals surface area contributed by atoms with Gasteiger partial charge < -0.3 is 9.74 Å². The topological polar surface area (TPSA) is 75.7 Å². The first-order valence-electron chi connectivity index (χ1n) is 11.5. The number of aryl methyl sites for hydroxylation is 2. The molecule has 0 radical (unpaired) electrons. The van der Waals surface area contributed by atoms with Crippen LogP contribution in [0.5, 0.6) is 0 Å². The van der Waals surface area contributed by atoms with Gasteiger partial charge in [-0.05, 0) is 55.2 Å². The molecule has 0 spiro atoms. The number of carbonyl (C=O) groups is 3. The van der Waals surface area contributed by atoms with Crippen LogP contribution >= 0.6 is 0 Å². The molecule has 0 bridgehead atoms. The van der Waals surface area contributed by atoms with E-state index in [2.05, 4.69) is 29.7 Å². The normalized spacial score (nSPS) is 13.6. The number of nitrogens with one attached hydrogen (secondary N) is 1. The fraction of sp³-hybridized carbons (Fsp3) is 0.423. The average molecular weight is 437 g/mol. The molecular formula is C26H32N2O4. The van der Waals surface area contributed by atoms with Gasteiger partial charge in [-0.2, -0.15) is 5.48 Å². The van der Waals surface area contributed by atoms with Crippen molar-refractivity contribution in [2.75, 3.05) is 13.1 Å². The van der Waals surface area contributed by atoms with E-state index in [-0.39, 0.29) is 24.7 Å². The van der Waals surface area contributed by atoms with Crippen molar-refractivity contribution in [2.24, 2.45) is 0 Å². The molecule has 2 amide bonds. The molecule has 0 saturated carbocycles. The summed E-state index contributed by atoms with van der Waals surface area (Å²) in [5.41, 5.74) is 5.70. The lowest BCUT2D eigenvalue weighted by atomic mass is 10.0. The van der Waals surface area contributed by atoms with Crippen LogP contribution in [0.1, 0.15) is 55.2 Å². The Bertz CT molecular complexity index is 880. The number of piperidine rings is 1. The SMILES string of the molecule is O=C(Cc1ccc(CCCCc2ccccc2)cc1)NOC(=O)CCN1CCCCC1=O. The Kier molecular flexibility index (Phi) is 9.29. The van der Waals surface area contributed by atoms with Crippen LogP contribution in [0.3, 0.4) is 0 Å². The number of hydrogen-bond acceptors (Lipinski definition) is 4. The van der Waals surface area contributed by atoms with E-state index in [1.807, 2.05) is 30.3 Å². The molecule has 3 rings (SSSR count). The van der Waals surface area contributed by atoms with Gasteiger partial charge in [0.25, 0.3) is 5.91 Å². The van der Waals surface area contributed by atoms with E-state index >= 15 is 0 Å². The van der Waals surface area contributed by atoms with Gasteiger partial charge in [0.1, 0.15) is 0 Å². The van der Waals surface area contributed by atoms with E-state index in [0.29, 0.717) is 19.5 Å². The number of rotatable bonds is 10. The molecule has 0 unspecified atom stereocenters. The molecule has 6 nitrogen and oxygen atoms in total. The summed E-state index contributed by atoms with van der Waals surface area (Å²) in [6.07, 6.45) is 6.99. The van der Waals surface area contributed by atoms with E-state index in [1.54, 1.807) is 4.90 Å². The van der Waals surface area contributed by atoms with Crippen LogP contribution in [-0.2, 0) is 38.5 Å². The van der Waals surface area contributed by atoms with Gasteiger partial charge >= 0.3 is 5.97 Å². The standard InChI is InChI=1S/C26H32N2O4/c29-24(27-32-26(31)17-19-28-18-7-6-12-25(28)30)20-23-15-13-22(14-16-23)11-5-4-10-21-8-2-1-3-9-21/h1-3,8-9,13-16H,4-7,10-12,17-20H2,(H,27,29). The average Bonchev–Trinajstić information content (AvgIpc) is 2.82. The quantitative estimate of drug-likeness (QED) is 0.454. The largest absolute Gasteiger partial charge is 0.342 e. The Labute approximate surface area is 189 Å². The molecular weight excluding hydrogens is 404 g/mol. The minimum absolute atomic E-state index is 0.0744. The summed E-state index contributed by atoms with van der Waals surface area (Å²) in [5.74, 6) is -0.835. The first-order chi connectivity index (χ1) is 15.6. The Morgan fingerprint density at radius 2 is 1.53 bits per heavy atom. The number of carbonyl (C=O) groups excluding carboxylic acids is 3. The van der Waals surface area contributed by atoms with E-state index in [4.69, 9.17) is 4.84 Å². The predicted octanol–water partition coefficient (Wildman–Crippen LogP) is 3.77. The van der Waals surface area contributed by atoms with Crippen molar-refractivity contribution >= 4 is 17.8 Å². The molecule has 0 aromatic heterocycles. The monoisotopic (exact) mass is 436 g/mol. The van der Waals surface area contributed by atoms with Gasteiger partial charge in [0, 0.05) is 19.5 Å². The lowest BCUT2D eigenvalue weighted by Crippen LogP contribution is -2.37. The molecule has 2 aromatic rings. The van der Waals surface area contributed by atoms with Crippen molar-refractivity contribution in [3.63, 3.8) is 0 Å². The summed E-state index contributed by atoms with van der Waals surface area (Å²) in [5, 5.41) is 0. The molecule has 1 N–H and O–H groups in total. The molecule has 32 heavy (non-hydrogen) atoms. The van der Waals surface area contributed by atoms with E-state index in [9.17, 15) is 14.4 Å². The number of amides is 2. The summed E-state index contributed by atoms with van der Waals surface area (Å²) in [6, 6.07) is 18.5. The lowest BCUT2D eigenvalue weighted by molar-refractivity contribution is -0.158. The van der Waals surface area contributed by atoms with Gasteiger partial charge in [-0.1, -0.05) is 54.6 Å². The molecule has 2 aromatic carbocycles. The fourth-order valence-electron chi connectivity index (χ4n) is 3.84. The summed E-state index contributed by atoms with van der Waals surface area (Å²) in [4.78, 5) is 42.2. The zero-order valence-electron chi connectivity index (χ0n) is 18.6. The molecule has 0 aliphatic carbocycles. The molecule has 1 aliphatic rings. The minimum Gasteiger partial charge on any atom is -0.342 e. The van der Waals surface area contributed by atoms with Gasteiger partial charge in [0.05, 0.1) is 12.8 Å². The zero-order valence-corrected chi connectivity index (χ0v) is 18.6. The molecule has 0 atom stereocenters. The number of hydrogen-bond donors (Lipinski definition) is 1. The van der Waals surface area contributed by atoms with Crippen LogP contribution in [-0.4, -0.2) is 35.8 Å². The number of hydroxylamine groups is 1. The first kappa shape index (κ1) is 23.5. The highest BCUT2D eigenvalue weighted by Crippen LogP contribution is 2.12. The first-order valence-corrected chi connectivity index (χ1v) is 11.5. The van der Waals surface area contributed by atoms with Crippen LogP contribution in [0, 0.1) is 0 Å². The molecule has 6 heteroatoms. The minimum atomic E-state index is -0.539. The maximum atomic E-state index is 12.1. The third-order valence-corrected chi connectivity index (χ3v) is 5.70. The van der Waals surface area contributed by atoms with Crippen LogP contribution < -0.4 is 5.48 Å². The summed E-state index contributed by atoms with van der Waals surface area (Å²) in [6.45, 7) is 1.02. The number of nitrogens with zero attached hydrogens (tertiary/aromatic N) is 1.